The van der Waals surface area contributed by atoms with E-state index >= 15 is 0 Å². The van der Waals surface area contributed by atoms with Crippen LogP contribution < -0.4 is 9.91 Å². The highest BCUT2D eigenvalue weighted by Crippen LogP contribution is 2.26. The molecule has 36 heavy (non-hydrogen) atoms. The molecule has 0 bridgehead atoms. The fourth-order valence-corrected chi connectivity index (χ4v) is 4.16. The van der Waals surface area contributed by atoms with Crippen LogP contribution in [0, 0.1) is 0 Å². The predicted octanol–water partition coefficient (Wildman–Crippen LogP) is 8.07. The Labute approximate surface area is 213 Å². The maximum atomic E-state index is 4.84. The molecule has 0 saturated heterocycles. The molecule has 5 rings (SSSR count). The summed E-state index contributed by atoms with van der Waals surface area (Å²) in [6, 6.07) is 50.3. The lowest BCUT2D eigenvalue weighted by molar-refractivity contribution is 0.800. The molecular formula is C33H29N3. The minimum atomic E-state index is 0.846. The normalized spacial score (nSPS) is 10.9. The third-order valence-electron chi connectivity index (χ3n) is 6.01. The van der Waals surface area contributed by atoms with Gasteiger partial charge in [-0.2, -0.15) is 5.10 Å². The van der Waals surface area contributed by atoms with Crippen LogP contribution in [0.4, 0.5) is 17.1 Å². The minimum absolute atomic E-state index is 0.846. The van der Waals surface area contributed by atoms with Crippen molar-refractivity contribution in [2.75, 3.05) is 9.91 Å². The van der Waals surface area contributed by atoms with Crippen LogP contribution in [0.1, 0.15) is 16.7 Å². The lowest BCUT2D eigenvalue weighted by Gasteiger charge is -2.25. The molecule has 0 aliphatic carbocycles. The number of hydrogen-bond donors (Lipinski definition) is 0. The molecular weight excluding hydrogens is 438 g/mol. The Morgan fingerprint density at radius 1 is 0.444 bits per heavy atom. The van der Waals surface area contributed by atoms with E-state index in [0.29, 0.717) is 0 Å². The number of anilines is 3. The van der Waals surface area contributed by atoms with Gasteiger partial charge in [0, 0.05) is 18.8 Å². The van der Waals surface area contributed by atoms with Crippen molar-refractivity contribution in [3.05, 3.63) is 162 Å². The number of benzene rings is 5. The monoisotopic (exact) mass is 467 g/mol. The van der Waals surface area contributed by atoms with Crippen LogP contribution in [0.2, 0.25) is 0 Å². The zero-order valence-electron chi connectivity index (χ0n) is 20.2. The standard InChI is InChI=1S/C33H29N3/c1-5-13-29(14-6-1)26-35(27-30-15-7-2-8-16-30)31-23-21-28(22-24-31)25-34-36(32-17-9-3-10-18-32)33-19-11-4-12-20-33/h1-25H,26-27H2. The summed E-state index contributed by atoms with van der Waals surface area (Å²) in [6.07, 6.45) is 1.92. The van der Waals surface area contributed by atoms with Crippen molar-refractivity contribution in [1.82, 2.24) is 0 Å². The Bertz CT molecular complexity index is 1270. The second kappa shape index (κ2) is 11.7. The molecule has 0 spiro atoms. The average molecular weight is 468 g/mol. The zero-order chi connectivity index (χ0) is 24.4. The summed E-state index contributed by atoms with van der Waals surface area (Å²) in [5.74, 6) is 0. The summed E-state index contributed by atoms with van der Waals surface area (Å²) >= 11 is 0. The zero-order valence-corrected chi connectivity index (χ0v) is 20.2. The molecule has 5 aromatic carbocycles. The van der Waals surface area contributed by atoms with Crippen molar-refractivity contribution >= 4 is 23.3 Å². The van der Waals surface area contributed by atoms with Gasteiger partial charge in [0.05, 0.1) is 17.6 Å². The fraction of sp³-hybridized carbons (Fsp3) is 0.0606. The van der Waals surface area contributed by atoms with Crippen LogP contribution in [0.25, 0.3) is 0 Å². The highest BCUT2D eigenvalue weighted by Gasteiger charge is 2.10. The Kier molecular flexibility index (Phi) is 7.50. The van der Waals surface area contributed by atoms with Crippen LogP contribution in [0.3, 0.4) is 0 Å². The Morgan fingerprint density at radius 3 is 1.31 bits per heavy atom. The van der Waals surface area contributed by atoms with E-state index in [0.717, 1.165) is 30.0 Å². The van der Waals surface area contributed by atoms with Gasteiger partial charge in [0.2, 0.25) is 0 Å². The molecule has 0 unspecified atom stereocenters. The third kappa shape index (κ3) is 6.08. The molecule has 0 fully saturated rings. The molecule has 0 atom stereocenters. The molecule has 0 N–H and O–H groups in total. The van der Waals surface area contributed by atoms with Crippen molar-refractivity contribution in [2.45, 2.75) is 13.1 Å². The molecule has 0 amide bonds. The smallest absolute Gasteiger partial charge is 0.0652 e. The summed E-state index contributed by atoms with van der Waals surface area (Å²) in [5.41, 5.74) is 6.86. The Morgan fingerprint density at radius 2 is 0.861 bits per heavy atom. The number of nitrogens with zero attached hydrogens (tertiary/aromatic N) is 3. The van der Waals surface area contributed by atoms with Gasteiger partial charge in [-0.25, -0.2) is 5.01 Å². The molecule has 5 aromatic rings. The van der Waals surface area contributed by atoms with Crippen molar-refractivity contribution in [2.24, 2.45) is 5.10 Å². The van der Waals surface area contributed by atoms with Gasteiger partial charge in [-0.15, -0.1) is 0 Å². The van der Waals surface area contributed by atoms with Crippen LogP contribution in [-0.4, -0.2) is 6.21 Å². The van der Waals surface area contributed by atoms with E-state index in [1.165, 1.54) is 16.8 Å². The van der Waals surface area contributed by atoms with E-state index in [1.54, 1.807) is 0 Å². The molecule has 176 valence electrons. The fourth-order valence-electron chi connectivity index (χ4n) is 4.16. The largest absolute Gasteiger partial charge is 0.363 e. The van der Waals surface area contributed by atoms with Gasteiger partial charge in [0.15, 0.2) is 0 Å². The first-order valence-electron chi connectivity index (χ1n) is 12.2. The molecule has 3 heteroatoms. The summed E-state index contributed by atoms with van der Waals surface area (Å²) in [4.78, 5) is 2.41. The molecule has 0 radical (unpaired) electrons. The van der Waals surface area contributed by atoms with E-state index < -0.39 is 0 Å². The van der Waals surface area contributed by atoms with Gasteiger partial charge >= 0.3 is 0 Å². The highest BCUT2D eigenvalue weighted by atomic mass is 15.5. The topological polar surface area (TPSA) is 18.8 Å². The number of hydrogen-bond acceptors (Lipinski definition) is 3. The van der Waals surface area contributed by atoms with Crippen LogP contribution in [0.15, 0.2) is 151 Å². The molecule has 0 saturated carbocycles. The van der Waals surface area contributed by atoms with Crippen molar-refractivity contribution in [3.63, 3.8) is 0 Å². The lowest BCUT2D eigenvalue weighted by Crippen LogP contribution is -2.22. The summed E-state index contributed by atoms with van der Waals surface area (Å²) in [5, 5.41) is 6.80. The van der Waals surface area contributed by atoms with Gasteiger partial charge < -0.3 is 4.90 Å². The maximum absolute atomic E-state index is 4.84. The highest BCUT2D eigenvalue weighted by molar-refractivity contribution is 5.82. The Hall–Kier alpha value is -4.63. The molecule has 3 nitrogen and oxygen atoms in total. The van der Waals surface area contributed by atoms with Crippen LogP contribution in [-0.2, 0) is 13.1 Å². The summed E-state index contributed by atoms with van der Waals surface area (Å²) in [7, 11) is 0. The van der Waals surface area contributed by atoms with E-state index in [2.05, 4.69) is 114 Å². The van der Waals surface area contributed by atoms with Gasteiger partial charge in [-0.1, -0.05) is 109 Å². The van der Waals surface area contributed by atoms with Crippen molar-refractivity contribution in [3.8, 4) is 0 Å². The van der Waals surface area contributed by atoms with Gasteiger partial charge in [0.1, 0.15) is 0 Å². The van der Waals surface area contributed by atoms with Gasteiger partial charge in [-0.3, -0.25) is 0 Å². The number of para-hydroxylation sites is 2. The van der Waals surface area contributed by atoms with Crippen LogP contribution >= 0.6 is 0 Å². The molecule has 0 heterocycles. The number of hydrazone groups is 1. The lowest BCUT2D eigenvalue weighted by atomic mass is 10.1. The van der Waals surface area contributed by atoms with E-state index in [4.69, 9.17) is 5.10 Å². The molecule has 0 aromatic heterocycles. The first kappa shape index (κ1) is 23.1. The second-order valence-electron chi connectivity index (χ2n) is 8.65. The number of rotatable bonds is 9. The van der Waals surface area contributed by atoms with Crippen molar-refractivity contribution in [1.29, 1.82) is 0 Å². The predicted molar refractivity (Wildman–Crippen MR) is 152 cm³/mol. The summed E-state index contributed by atoms with van der Waals surface area (Å²) < 4.78 is 0. The van der Waals surface area contributed by atoms with Gasteiger partial charge in [0.25, 0.3) is 0 Å². The second-order valence-corrected chi connectivity index (χ2v) is 8.65. The quantitative estimate of drug-likeness (QED) is 0.161. The molecule has 0 aliphatic rings. The first-order chi connectivity index (χ1) is 17.8. The van der Waals surface area contributed by atoms with E-state index in [1.807, 2.05) is 47.6 Å². The maximum Gasteiger partial charge on any atom is 0.0652 e. The third-order valence-corrected chi connectivity index (χ3v) is 6.01. The van der Waals surface area contributed by atoms with E-state index in [9.17, 15) is 0 Å². The summed E-state index contributed by atoms with van der Waals surface area (Å²) in [6.45, 7) is 1.69. The average Bonchev–Trinajstić information content (AvgIpc) is 2.95. The Balaban J connectivity index is 1.38. The van der Waals surface area contributed by atoms with Gasteiger partial charge in [-0.05, 0) is 53.1 Å². The minimum Gasteiger partial charge on any atom is -0.363 e. The SMILES string of the molecule is C(=NN(c1ccccc1)c1ccccc1)c1ccc(N(Cc2ccccc2)Cc2ccccc2)cc1. The molecule has 0 aliphatic heterocycles. The van der Waals surface area contributed by atoms with Crippen LogP contribution in [0.5, 0.6) is 0 Å². The van der Waals surface area contributed by atoms with Crippen molar-refractivity contribution < 1.29 is 0 Å². The van der Waals surface area contributed by atoms with E-state index in [-0.39, 0.29) is 0 Å². The first-order valence-corrected chi connectivity index (χ1v) is 12.2.